The lowest BCUT2D eigenvalue weighted by Crippen LogP contribution is -2.17. The van der Waals surface area contributed by atoms with Crippen LogP contribution in [0.25, 0.3) is 22.6 Å². The Hall–Kier alpha value is -3.62. The fourth-order valence-corrected chi connectivity index (χ4v) is 4.52. The fraction of sp³-hybridized carbons (Fsp3) is 0. The van der Waals surface area contributed by atoms with E-state index in [1.54, 1.807) is 36.4 Å². The number of hydrazone groups is 1. The van der Waals surface area contributed by atoms with Crippen molar-refractivity contribution in [1.29, 1.82) is 0 Å². The summed E-state index contributed by atoms with van der Waals surface area (Å²) in [5.74, 6) is 0.737. The lowest BCUT2D eigenvalue weighted by atomic mass is 10.1. The molecule has 0 fully saturated rings. The molecule has 10 heteroatoms. The number of carbonyl (C=O) groups excluding carboxylic acids is 1. The van der Waals surface area contributed by atoms with Crippen molar-refractivity contribution >= 4 is 69.1 Å². The third kappa shape index (κ3) is 6.21. The first-order valence-corrected chi connectivity index (χ1v) is 12.9. The summed E-state index contributed by atoms with van der Waals surface area (Å²) in [6.45, 7) is 0. The van der Waals surface area contributed by atoms with E-state index in [9.17, 15) is 4.79 Å². The van der Waals surface area contributed by atoms with Crippen LogP contribution in [0.4, 0.5) is 10.8 Å². The van der Waals surface area contributed by atoms with Gasteiger partial charge in [0.2, 0.25) is 0 Å². The Labute approximate surface area is 231 Å². The van der Waals surface area contributed by atoms with Gasteiger partial charge in [0.1, 0.15) is 11.5 Å². The minimum absolute atomic E-state index is 0.345. The summed E-state index contributed by atoms with van der Waals surface area (Å²) in [6, 6.07) is 23.3. The van der Waals surface area contributed by atoms with E-state index in [4.69, 9.17) is 39.2 Å². The van der Waals surface area contributed by atoms with E-state index >= 15 is 0 Å². The minimum atomic E-state index is -0.345. The highest BCUT2D eigenvalue weighted by Crippen LogP contribution is 2.30. The van der Waals surface area contributed by atoms with Crippen molar-refractivity contribution in [2.75, 3.05) is 5.32 Å². The van der Waals surface area contributed by atoms with Gasteiger partial charge in [-0.2, -0.15) is 5.10 Å². The molecule has 2 heterocycles. The van der Waals surface area contributed by atoms with Gasteiger partial charge in [-0.15, -0.1) is 11.3 Å². The highest BCUT2D eigenvalue weighted by molar-refractivity contribution is 7.14. The molecule has 0 aliphatic heterocycles. The first kappa shape index (κ1) is 25.0. The fourth-order valence-electron chi connectivity index (χ4n) is 3.36. The van der Waals surface area contributed by atoms with Crippen molar-refractivity contribution < 1.29 is 9.21 Å². The van der Waals surface area contributed by atoms with Crippen molar-refractivity contribution in [3.63, 3.8) is 0 Å². The Morgan fingerprint density at radius 3 is 2.41 bits per heavy atom. The monoisotopic (exact) mass is 566 g/mol. The number of rotatable bonds is 7. The zero-order chi connectivity index (χ0) is 25.8. The van der Waals surface area contributed by atoms with E-state index in [2.05, 4.69) is 20.8 Å². The molecule has 37 heavy (non-hydrogen) atoms. The first-order valence-electron chi connectivity index (χ1n) is 10.9. The second kappa shape index (κ2) is 11.2. The average molecular weight is 568 g/mol. The quantitative estimate of drug-likeness (QED) is 0.153. The van der Waals surface area contributed by atoms with Gasteiger partial charge in [0.15, 0.2) is 5.13 Å². The van der Waals surface area contributed by atoms with Crippen LogP contribution in [0, 0.1) is 0 Å². The van der Waals surface area contributed by atoms with Crippen LogP contribution in [0.1, 0.15) is 16.1 Å². The summed E-state index contributed by atoms with van der Waals surface area (Å²) in [5, 5.41) is 11.5. The maximum atomic E-state index is 12.5. The lowest BCUT2D eigenvalue weighted by molar-refractivity contribution is 0.0955. The number of amides is 1. The number of hydrogen-bond donors (Lipinski definition) is 2. The number of hydrogen-bond acceptors (Lipinski definition) is 6. The molecule has 0 bridgehead atoms. The Bertz CT molecular complexity index is 1580. The Morgan fingerprint density at radius 2 is 1.65 bits per heavy atom. The van der Waals surface area contributed by atoms with Crippen LogP contribution in [0.3, 0.4) is 0 Å². The Balaban J connectivity index is 1.18. The number of nitrogens with one attached hydrogen (secondary N) is 2. The topological polar surface area (TPSA) is 79.5 Å². The largest absolute Gasteiger partial charge is 0.455 e. The molecule has 5 rings (SSSR count). The van der Waals surface area contributed by atoms with Crippen LogP contribution in [-0.2, 0) is 0 Å². The number of aromatic nitrogens is 1. The molecule has 0 saturated carbocycles. The second-order valence-corrected chi connectivity index (χ2v) is 9.89. The van der Waals surface area contributed by atoms with Gasteiger partial charge >= 0.3 is 0 Å². The molecule has 2 N–H and O–H groups in total. The number of thiazole rings is 1. The van der Waals surface area contributed by atoms with E-state index in [0.29, 0.717) is 32.2 Å². The van der Waals surface area contributed by atoms with Crippen molar-refractivity contribution in [2.45, 2.75) is 0 Å². The molecule has 0 aliphatic carbocycles. The number of furan rings is 1. The van der Waals surface area contributed by atoms with Gasteiger partial charge in [-0.25, -0.2) is 10.4 Å². The van der Waals surface area contributed by atoms with Crippen molar-refractivity contribution in [3.8, 4) is 22.6 Å². The third-order valence-electron chi connectivity index (χ3n) is 5.23. The van der Waals surface area contributed by atoms with Crippen LogP contribution in [-0.4, -0.2) is 17.1 Å². The zero-order valence-corrected chi connectivity index (χ0v) is 22.0. The normalized spacial score (nSPS) is 11.1. The molecule has 0 radical (unpaired) electrons. The summed E-state index contributed by atoms with van der Waals surface area (Å²) in [7, 11) is 0. The minimum Gasteiger partial charge on any atom is -0.455 e. The zero-order valence-electron chi connectivity index (χ0n) is 18.9. The Kier molecular flexibility index (Phi) is 7.58. The lowest BCUT2D eigenvalue weighted by Gasteiger charge is -2.03. The molecular formula is C27H17Cl3N4O2S. The van der Waals surface area contributed by atoms with Gasteiger partial charge in [0, 0.05) is 32.8 Å². The first-order chi connectivity index (χ1) is 17.9. The average Bonchev–Trinajstić information content (AvgIpc) is 3.57. The number of benzene rings is 3. The van der Waals surface area contributed by atoms with Gasteiger partial charge in [0.25, 0.3) is 5.91 Å². The standard InChI is InChI=1S/C27H17Cl3N4O2S/c28-19-6-8-20(9-7-19)32-27-33-24(15-37-27)16-1-3-17(4-2-16)26(35)34-31-14-21-10-12-25(36-21)18-5-11-22(29)23(30)13-18/h1-15H,(H,32,33)(H,34,35)/b31-14-. The maximum Gasteiger partial charge on any atom is 0.271 e. The smallest absolute Gasteiger partial charge is 0.271 e. The van der Waals surface area contributed by atoms with Crippen LogP contribution in [0.5, 0.6) is 0 Å². The van der Waals surface area contributed by atoms with E-state index in [1.807, 2.05) is 47.8 Å². The van der Waals surface area contributed by atoms with Gasteiger partial charge in [-0.3, -0.25) is 4.79 Å². The summed E-state index contributed by atoms with van der Waals surface area (Å²) in [5.41, 5.74) is 6.36. The van der Waals surface area contributed by atoms with E-state index in [-0.39, 0.29) is 5.91 Å². The number of halogens is 3. The summed E-state index contributed by atoms with van der Waals surface area (Å²) in [4.78, 5) is 17.1. The molecule has 1 amide bonds. The molecule has 5 aromatic rings. The van der Waals surface area contributed by atoms with Gasteiger partial charge in [-0.1, -0.05) is 46.9 Å². The molecule has 0 spiro atoms. The molecule has 184 valence electrons. The van der Waals surface area contributed by atoms with Gasteiger partial charge in [0.05, 0.1) is 22.0 Å². The van der Waals surface area contributed by atoms with Crippen molar-refractivity contribution in [2.24, 2.45) is 5.10 Å². The summed E-state index contributed by atoms with van der Waals surface area (Å²) >= 11 is 19.5. The third-order valence-corrected chi connectivity index (χ3v) is 6.98. The van der Waals surface area contributed by atoms with Crippen LogP contribution < -0.4 is 10.7 Å². The van der Waals surface area contributed by atoms with Crippen LogP contribution in [0.15, 0.2) is 93.8 Å². The predicted molar refractivity (Wildman–Crippen MR) is 152 cm³/mol. The maximum absolute atomic E-state index is 12.5. The molecule has 0 saturated heterocycles. The highest BCUT2D eigenvalue weighted by atomic mass is 35.5. The highest BCUT2D eigenvalue weighted by Gasteiger charge is 2.09. The number of carbonyl (C=O) groups is 1. The summed E-state index contributed by atoms with van der Waals surface area (Å²) < 4.78 is 5.74. The van der Waals surface area contributed by atoms with Crippen LogP contribution >= 0.6 is 46.1 Å². The molecule has 0 atom stereocenters. The van der Waals surface area contributed by atoms with Gasteiger partial charge < -0.3 is 9.73 Å². The molecule has 3 aromatic carbocycles. The molecule has 0 unspecified atom stereocenters. The number of anilines is 2. The molecule has 6 nitrogen and oxygen atoms in total. The molecular weight excluding hydrogens is 551 g/mol. The van der Waals surface area contributed by atoms with E-state index < -0.39 is 0 Å². The van der Waals surface area contributed by atoms with E-state index in [0.717, 1.165) is 27.6 Å². The van der Waals surface area contributed by atoms with Crippen molar-refractivity contribution in [1.82, 2.24) is 10.4 Å². The van der Waals surface area contributed by atoms with Crippen LogP contribution in [0.2, 0.25) is 15.1 Å². The Morgan fingerprint density at radius 1 is 0.892 bits per heavy atom. The van der Waals surface area contributed by atoms with E-state index in [1.165, 1.54) is 17.6 Å². The molecule has 2 aromatic heterocycles. The second-order valence-electron chi connectivity index (χ2n) is 7.78. The summed E-state index contributed by atoms with van der Waals surface area (Å²) in [6.07, 6.45) is 1.43. The van der Waals surface area contributed by atoms with Crippen molar-refractivity contribution in [3.05, 3.63) is 111 Å². The van der Waals surface area contributed by atoms with Gasteiger partial charge in [-0.05, 0) is 66.7 Å². The molecule has 0 aliphatic rings. The number of nitrogens with zero attached hydrogens (tertiary/aromatic N) is 2. The SMILES string of the molecule is O=C(N/N=C\c1ccc(-c2ccc(Cl)c(Cl)c2)o1)c1ccc(-c2csc(Nc3ccc(Cl)cc3)n2)cc1. The predicted octanol–water partition coefficient (Wildman–Crippen LogP) is 8.54.